The van der Waals surface area contributed by atoms with Gasteiger partial charge in [0.15, 0.2) is 0 Å². The largest absolute Gasteiger partial charge is 0.302 e. The monoisotopic (exact) mass is 309 g/mol. The van der Waals surface area contributed by atoms with Gasteiger partial charge in [-0.15, -0.1) is 0 Å². The molecule has 2 rings (SSSR count). The lowest BCUT2D eigenvalue weighted by Gasteiger charge is -2.38. The lowest BCUT2D eigenvalue weighted by molar-refractivity contribution is -0.127. The molecule has 2 aliphatic rings. The van der Waals surface area contributed by atoms with Crippen LogP contribution in [0.15, 0.2) is 0 Å². The molecule has 4 heteroatoms. The van der Waals surface area contributed by atoms with Crippen molar-refractivity contribution >= 4 is 5.78 Å². The minimum atomic E-state index is 0.203. The molecule has 0 amide bonds. The Morgan fingerprint density at radius 2 is 1.36 bits per heavy atom. The zero-order valence-corrected chi connectivity index (χ0v) is 15.1. The number of likely N-dealkylation sites (tertiary alicyclic amines) is 1. The highest BCUT2D eigenvalue weighted by molar-refractivity contribution is 5.82. The number of nitrogens with zero attached hydrogens (tertiary/aromatic N) is 3. The van der Waals surface area contributed by atoms with Gasteiger partial charge in [-0.05, 0) is 39.8 Å². The zero-order chi connectivity index (χ0) is 16.1. The number of hydrogen-bond acceptors (Lipinski definition) is 4. The van der Waals surface area contributed by atoms with Crippen LogP contribution in [0.4, 0.5) is 0 Å². The summed E-state index contributed by atoms with van der Waals surface area (Å²) in [6, 6.07) is 0.680. The van der Waals surface area contributed by atoms with Crippen molar-refractivity contribution in [3.63, 3.8) is 0 Å². The summed E-state index contributed by atoms with van der Waals surface area (Å²) in [5, 5.41) is 0. The molecule has 2 saturated heterocycles. The lowest BCUT2D eigenvalue weighted by atomic mass is 9.87. The molecule has 0 aromatic carbocycles. The van der Waals surface area contributed by atoms with Crippen molar-refractivity contribution in [3.8, 4) is 0 Å². The first-order valence-corrected chi connectivity index (χ1v) is 9.20. The Bertz CT molecular complexity index is 340. The average Bonchev–Trinajstić information content (AvgIpc) is 2.53. The first kappa shape index (κ1) is 17.9. The summed E-state index contributed by atoms with van der Waals surface area (Å²) in [4.78, 5) is 19.8. The number of carbonyl (C=O) groups is 1. The van der Waals surface area contributed by atoms with Gasteiger partial charge in [-0.2, -0.15) is 0 Å². The highest BCUT2D eigenvalue weighted by Crippen LogP contribution is 2.21. The Hall–Kier alpha value is -0.450. The van der Waals surface area contributed by atoms with Gasteiger partial charge in [-0.1, -0.05) is 13.8 Å². The minimum absolute atomic E-state index is 0.203. The number of carbonyl (C=O) groups excluding carboxylic acids is 1. The molecule has 0 spiro atoms. The van der Waals surface area contributed by atoms with E-state index in [4.69, 9.17) is 0 Å². The molecule has 0 N–H and O–H groups in total. The molecule has 0 aromatic heterocycles. The SMILES string of the molecule is CC(C)C(=O)C1CCN(CCN2CCN(C(C)C)CC2)CC1. The molecule has 2 aliphatic heterocycles. The highest BCUT2D eigenvalue weighted by Gasteiger charge is 2.26. The van der Waals surface area contributed by atoms with Crippen molar-refractivity contribution in [2.45, 2.75) is 46.6 Å². The molecular formula is C18H35N3O. The van der Waals surface area contributed by atoms with Gasteiger partial charge in [0.1, 0.15) is 5.78 Å². The summed E-state index contributed by atoms with van der Waals surface area (Å²) in [7, 11) is 0. The van der Waals surface area contributed by atoms with Crippen LogP contribution in [0.3, 0.4) is 0 Å². The van der Waals surface area contributed by atoms with Crippen molar-refractivity contribution in [1.29, 1.82) is 0 Å². The second-order valence-electron chi connectivity index (χ2n) is 7.64. The summed E-state index contributed by atoms with van der Waals surface area (Å²) in [5.41, 5.74) is 0. The minimum Gasteiger partial charge on any atom is -0.302 e. The molecule has 0 aliphatic carbocycles. The van der Waals surface area contributed by atoms with Crippen molar-refractivity contribution in [2.24, 2.45) is 11.8 Å². The van der Waals surface area contributed by atoms with Crippen molar-refractivity contribution in [1.82, 2.24) is 14.7 Å². The van der Waals surface area contributed by atoms with Crippen molar-refractivity contribution in [2.75, 3.05) is 52.4 Å². The third-order valence-electron chi connectivity index (χ3n) is 5.43. The molecule has 0 aromatic rings. The van der Waals surface area contributed by atoms with E-state index in [1.807, 2.05) is 13.8 Å². The number of piperidine rings is 1. The van der Waals surface area contributed by atoms with E-state index in [0.29, 0.717) is 17.7 Å². The van der Waals surface area contributed by atoms with Crippen LogP contribution in [-0.4, -0.2) is 78.9 Å². The van der Waals surface area contributed by atoms with Crippen molar-refractivity contribution in [3.05, 3.63) is 0 Å². The normalized spacial score (nSPS) is 23.5. The fraction of sp³-hybridized carbons (Fsp3) is 0.944. The number of ketones is 1. The van der Waals surface area contributed by atoms with Gasteiger partial charge >= 0.3 is 0 Å². The Labute approximate surface area is 136 Å². The lowest BCUT2D eigenvalue weighted by Crippen LogP contribution is -2.50. The summed E-state index contributed by atoms with van der Waals surface area (Å²) in [6.07, 6.45) is 2.14. The molecule has 0 radical (unpaired) electrons. The van der Waals surface area contributed by atoms with Crippen LogP contribution in [0.5, 0.6) is 0 Å². The smallest absolute Gasteiger partial charge is 0.138 e. The van der Waals surface area contributed by atoms with E-state index in [0.717, 1.165) is 25.9 Å². The maximum atomic E-state index is 12.1. The van der Waals surface area contributed by atoms with Crippen LogP contribution in [-0.2, 0) is 4.79 Å². The Balaban J connectivity index is 1.62. The standard InChI is InChI=1S/C18H35N3O/c1-15(2)18(22)17-5-7-19(8-6-17)9-10-20-11-13-21(14-12-20)16(3)4/h15-17H,5-14H2,1-4H3. The Kier molecular flexibility index (Phi) is 6.85. The topological polar surface area (TPSA) is 26.8 Å². The van der Waals surface area contributed by atoms with Gasteiger partial charge in [0.05, 0.1) is 0 Å². The van der Waals surface area contributed by atoms with Crippen LogP contribution < -0.4 is 0 Å². The van der Waals surface area contributed by atoms with Gasteiger partial charge in [-0.25, -0.2) is 0 Å². The van der Waals surface area contributed by atoms with Crippen LogP contribution in [0.1, 0.15) is 40.5 Å². The molecule has 0 saturated carbocycles. The quantitative estimate of drug-likeness (QED) is 0.749. The molecule has 0 atom stereocenters. The molecule has 4 nitrogen and oxygen atoms in total. The molecule has 128 valence electrons. The molecule has 0 unspecified atom stereocenters. The maximum absolute atomic E-state index is 12.1. The van der Waals surface area contributed by atoms with Gasteiger partial charge < -0.3 is 4.90 Å². The van der Waals surface area contributed by atoms with Crippen LogP contribution in [0.25, 0.3) is 0 Å². The van der Waals surface area contributed by atoms with Crippen LogP contribution in [0.2, 0.25) is 0 Å². The van der Waals surface area contributed by atoms with E-state index >= 15 is 0 Å². The van der Waals surface area contributed by atoms with Crippen LogP contribution >= 0.6 is 0 Å². The summed E-state index contributed by atoms with van der Waals surface area (Å²) in [5.74, 6) is 1.00. The third-order valence-corrected chi connectivity index (χ3v) is 5.43. The molecular weight excluding hydrogens is 274 g/mol. The number of Topliss-reactive ketones (excluding diaryl/α,β-unsaturated/α-hetero) is 1. The Morgan fingerprint density at radius 1 is 0.864 bits per heavy atom. The number of piperazine rings is 1. The fourth-order valence-corrected chi connectivity index (χ4v) is 3.70. The van der Waals surface area contributed by atoms with Gasteiger partial charge in [0, 0.05) is 57.1 Å². The van der Waals surface area contributed by atoms with E-state index < -0.39 is 0 Å². The molecule has 0 bridgehead atoms. The predicted octanol–water partition coefficient (Wildman–Crippen LogP) is 1.95. The van der Waals surface area contributed by atoms with Gasteiger partial charge in [-0.3, -0.25) is 14.6 Å². The second kappa shape index (κ2) is 8.42. The fourth-order valence-electron chi connectivity index (χ4n) is 3.70. The van der Waals surface area contributed by atoms with E-state index in [9.17, 15) is 4.79 Å². The summed E-state index contributed by atoms with van der Waals surface area (Å²) < 4.78 is 0. The molecule has 2 heterocycles. The summed E-state index contributed by atoms with van der Waals surface area (Å²) in [6.45, 7) is 18.1. The van der Waals surface area contributed by atoms with E-state index in [2.05, 4.69) is 28.5 Å². The van der Waals surface area contributed by atoms with E-state index in [-0.39, 0.29) is 5.92 Å². The first-order chi connectivity index (χ1) is 10.5. The average molecular weight is 309 g/mol. The Morgan fingerprint density at radius 3 is 1.82 bits per heavy atom. The number of rotatable bonds is 6. The van der Waals surface area contributed by atoms with E-state index in [1.54, 1.807) is 0 Å². The second-order valence-corrected chi connectivity index (χ2v) is 7.64. The van der Waals surface area contributed by atoms with Crippen LogP contribution in [0, 0.1) is 11.8 Å². The first-order valence-electron chi connectivity index (χ1n) is 9.20. The third kappa shape index (κ3) is 5.04. The zero-order valence-electron chi connectivity index (χ0n) is 15.1. The molecule has 2 fully saturated rings. The van der Waals surface area contributed by atoms with E-state index in [1.165, 1.54) is 39.3 Å². The molecule has 22 heavy (non-hydrogen) atoms. The predicted molar refractivity (Wildman–Crippen MR) is 92.2 cm³/mol. The highest BCUT2D eigenvalue weighted by atomic mass is 16.1. The van der Waals surface area contributed by atoms with Gasteiger partial charge in [0.25, 0.3) is 0 Å². The van der Waals surface area contributed by atoms with Crippen molar-refractivity contribution < 1.29 is 4.79 Å². The number of hydrogen-bond donors (Lipinski definition) is 0. The maximum Gasteiger partial charge on any atom is 0.138 e. The summed E-state index contributed by atoms with van der Waals surface area (Å²) >= 11 is 0. The van der Waals surface area contributed by atoms with Gasteiger partial charge in [0.2, 0.25) is 0 Å².